The predicted octanol–water partition coefficient (Wildman–Crippen LogP) is 2.48. The van der Waals surface area contributed by atoms with E-state index in [1.165, 1.54) is 25.7 Å². The molecule has 1 aliphatic carbocycles. The van der Waals surface area contributed by atoms with E-state index in [0.29, 0.717) is 6.04 Å². The van der Waals surface area contributed by atoms with Crippen molar-refractivity contribution in [1.82, 2.24) is 19.9 Å². The highest BCUT2D eigenvalue weighted by Crippen LogP contribution is 2.19. The van der Waals surface area contributed by atoms with E-state index in [-0.39, 0.29) is 0 Å². The first-order valence-corrected chi connectivity index (χ1v) is 6.92. The van der Waals surface area contributed by atoms with Gasteiger partial charge in [0.25, 0.3) is 0 Å². The summed E-state index contributed by atoms with van der Waals surface area (Å²) in [4.78, 5) is 9.11. The summed E-state index contributed by atoms with van der Waals surface area (Å²) in [7, 11) is 0. The molecule has 1 aliphatic rings. The molecule has 1 fully saturated rings. The molecular formula is C14H20N4. The van der Waals surface area contributed by atoms with Crippen molar-refractivity contribution < 1.29 is 0 Å². The molecule has 0 aliphatic heterocycles. The van der Waals surface area contributed by atoms with Gasteiger partial charge in [-0.25, -0.2) is 9.97 Å². The Morgan fingerprint density at radius 2 is 2.22 bits per heavy atom. The number of fused-ring (bicyclic) bond motifs is 1. The molecule has 0 spiro atoms. The highest BCUT2D eigenvalue weighted by molar-refractivity contribution is 5.71. The van der Waals surface area contributed by atoms with Gasteiger partial charge in [-0.15, -0.1) is 0 Å². The van der Waals surface area contributed by atoms with Gasteiger partial charge < -0.3 is 9.88 Å². The smallest absolute Gasteiger partial charge is 0.160 e. The lowest BCUT2D eigenvalue weighted by atomic mass is 10.2. The standard InChI is InChI=1S/C14H20N4/c1-2-18-13(10-16-11-6-3-4-7-11)17-12-8-5-9-15-14(12)18/h5,8-9,11,16H,2-4,6-7,10H2,1H3. The van der Waals surface area contributed by atoms with Crippen molar-refractivity contribution in [3.05, 3.63) is 24.2 Å². The number of rotatable bonds is 4. The highest BCUT2D eigenvalue weighted by Gasteiger charge is 2.16. The molecule has 2 aromatic heterocycles. The fourth-order valence-corrected chi connectivity index (χ4v) is 2.84. The van der Waals surface area contributed by atoms with Crippen molar-refractivity contribution in [2.24, 2.45) is 0 Å². The summed E-state index contributed by atoms with van der Waals surface area (Å²) in [5.74, 6) is 1.11. The minimum Gasteiger partial charge on any atom is -0.312 e. The van der Waals surface area contributed by atoms with E-state index in [9.17, 15) is 0 Å². The van der Waals surface area contributed by atoms with Crippen LogP contribution in [0.2, 0.25) is 0 Å². The minimum absolute atomic E-state index is 0.683. The van der Waals surface area contributed by atoms with Crippen molar-refractivity contribution in [2.45, 2.75) is 51.7 Å². The summed E-state index contributed by atoms with van der Waals surface area (Å²) in [5.41, 5.74) is 2.01. The van der Waals surface area contributed by atoms with Crippen LogP contribution in [0.1, 0.15) is 38.4 Å². The van der Waals surface area contributed by atoms with Crippen molar-refractivity contribution in [3.63, 3.8) is 0 Å². The molecule has 3 rings (SSSR count). The fraction of sp³-hybridized carbons (Fsp3) is 0.571. The van der Waals surface area contributed by atoms with E-state index >= 15 is 0 Å². The molecule has 1 saturated carbocycles. The van der Waals surface area contributed by atoms with Gasteiger partial charge in [-0.05, 0) is 31.9 Å². The Labute approximate surface area is 107 Å². The molecule has 18 heavy (non-hydrogen) atoms. The number of hydrogen-bond acceptors (Lipinski definition) is 3. The highest BCUT2D eigenvalue weighted by atomic mass is 15.1. The van der Waals surface area contributed by atoms with Crippen LogP contribution in [0.4, 0.5) is 0 Å². The number of pyridine rings is 1. The quantitative estimate of drug-likeness (QED) is 0.898. The number of aryl methyl sites for hydroxylation is 1. The first-order chi connectivity index (χ1) is 8.88. The summed E-state index contributed by atoms with van der Waals surface area (Å²) >= 11 is 0. The van der Waals surface area contributed by atoms with Crippen molar-refractivity contribution in [2.75, 3.05) is 0 Å². The number of imidazole rings is 1. The van der Waals surface area contributed by atoms with Crippen LogP contribution in [0.5, 0.6) is 0 Å². The molecule has 0 aromatic carbocycles. The predicted molar refractivity (Wildman–Crippen MR) is 72.3 cm³/mol. The maximum Gasteiger partial charge on any atom is 0.160 e. The van der Waals surface area contributed by atoms with Gasteiger partial charge >= 0.3 is 0 Å². The third kappa shape index (κ3) is 2.12. The summed E-state index contributed by atoms with van der Waals surface area (Å²) in [6, 6.07) is 4.67. The Balaban J connectivity index is 1.81. The molecular weight excluding hydrogens is 224 g/mol. The lowest BCUT2D eigenvalue weighted by Gasteiger charge is -2.12. The van der Waals surface area contributed by atoms with Gasteiger partial charge in [0.15, 0.2) is 5.65 Å². The number of nitrogens with one attached hydrogen (secondary N) is 1. The van der Waals surface area contributed by atoms with Crippen LogP contribution in [-0.2, 0) is 13.1 Å². The molecule has 0 unspecified atom stereocenters. The monoisotopic (exact) mass is 244 g/mol. The Morgan fingerprint density at radius 3 is 3.00 bits per heavy atom. The summed E-state index contributed by atoms with van der Waals surface area (Å²) in [5, 5.41) is 3.62. The van der Waals surface area contributed by atoms with E-state index < -0.39 is 0 Å². The Morgan fingerprint density at radius 1 is 1.39 bits per heavy atom. The zero-order chi connectivity index (χ0) is 12.4. The molecule has 1 N–H and O–H groups in total. The largest absolute Gasteiger partial charge is 0.312 e. The Hall–Kier alpha value is -1.42. The first-order valence-electron chi connectivity index (χ1n) is 6.92. The lowest BCUT2D eigenvalue weighted by molar-refractivity contribution is 0.503. The normalized spacial score (nSPS) is 16.7. The zero-order valence-electron chi connectivity index (χ0n) is 10.9. The third-order valence-corrected chi connectivity index (χ3v) is 3.80. The second-order valence-corrected chi connectivity index (χ2v) is 4.98. The van der Waals surface area contributed by atoms with Gasteiger partial charge in [0, 0.05) is 18.8 Å². The second-order valence-electron chi connectivity index (χ2n) is 4.98. The molecule has 0 radical (unpaired) electrons. The average molecular weight is 244 g/mol. The van der Waals surface area contributed by atoms with Gasteiger partial charge in [-0.1, -0.05) is 12.8 Å². The molecule has 4 nitrogen and oxygen atoms in total. The van der Waals surface area contributed by atoms with Crippen LogP contribution in [0.15, 0.2) is 18.3 Å². The Kier molecular flexibility index (Phi) is 3.28. The van der Waals surface area contributed by atoms with Gasteiger partial charge in [0.05, 0.1) is 6.54 Å². The summed E-state index contributed by atoms with van der Waals surface area (Å²) in [6.07, 6.45) is 7.19. The SMILES string of the molecule is CCn1c(CNC2CCCC2)nc2cccnc21. The van der Waals surface area contributed by atoms with Crippen LogP contribution in [-0.4, -0.2) is 20.6 Å². The molecule has 0 amide bonds. The van der Waals surface area contributed by atoms with Crippen molar-refractivity contribution >= 4 is 11.2 Å². The van der Waals surface area contributed by atoms with Gasteiger partial charge in [0.2, 0.25) is 0 Å². The maximum absolute atomic E-state index is 4.68. The van der Waals surface area contributed by atoms with E-state index in [1.807, 2.05) is 18.3 Å². The molecule has 0 bridgehead atoms. The topological polar surface area (TPSA) is 42.7 Å². The van der Waals surface area contributed by atoms with E-state index in [0.717, 1.165) is 30.1 Å². The molecule has 0 saturated heterocycles. The fourth-order valence-electron chi connectivity index (χ4n) is 2.84. The van der Waals surface area contributed by atoms with E-state index in [1.54, 1.807) is 0 Å². The number of nitrogens with zero attached hydrogens (tertiary/aromatic N) is 3. The van der Waals surface area contributed by atoms with Crippen LogP contribution in [0.3, 0.4) is 0 Å². The second kappa shape index (κ2) is 5.06. The molecule has 2 aromatic rings. The van der Waals surface area contributed by atoms with Crippen LogP contribution >= 0.6 is 0 Å². The van der Waals surface area contributed by atoms with Gasteiger partial charge in [0.1, 0.15) is 11.3 Å². The van der Waals surface area contributed by atoms with Crippen molar-refractivity contribution in [3.8, 4) is 0 Å². The summed E-state index contributed by atoms with van der Waals surface area (Å²) < 4.78 is 2.21. The molecule has 0 atom stereocenters. The number of hydrogen-bond donors (Lipinski definition) is 1. The maximum atomic E-state index is 4.68. The van der Waals surface area contributed by atoms with Crippen LogP contribution < -0.4 is 5.32 Å². The molecule has 4 heteroatoms. The van der Waals surface area contributed by atoms with Gasteiger partial charge in [-0.3, -0.25) is 0 Å². The lowest BCUT2D eigenvalue weighted by Crippen LogP contribution is -2.26. The van der Waals surface area contributed by atoms with E-state index in [4.69, 9.17) is 0 Å². The zero-order valence-corrected chi connectivity index (χ0v) is 10.9. The number of aromatic nitrogens is 3. The third-order valence-electron chi connectivity index (χ3n) is 3.80. The van der Waals surface area contributed by atoms with E-state index in [2.05, 4.69) is 26.8 Å². The van der Waals surface area contributed by atoms with Crippen LogP contribution in [0.25, 0.3) is 11.2 Å². The molecule has 96 valence electrons. The van der Waals surface area contributed by atoms with Crippen molar-refractivity contribution in [1.29, 1.82) is 0 Å². The van der Waals surface area contributed by atoms with Gasteiger partial charge in [-0.2, -0.15) is 0 Å². The average Bonchev–Trinajstić information content (AvgIpc) is 3.03. The van der Waals surface area contributed by atoms with Crippen LogP contribution in [0, 0.1) is 0 Å². The summed E-state index contributed by atoms with van der Waals surface area (Å²) in [6.45, 7) is 3.93. The Bertz CT molecular complexity index is 526. The first kappa shape index (κ1) is 11.7. The molecule has 2 heterocycles. The minimum atomic E-state index is 0.683.